The molecule has 0 aromatic heterocycles. The third-order valence-electron chi connectivity index (χ3n) is 7.30. The molecule has 14 heteroatoms. The van der Waals surface area contributed by atoms with Gasteiger partial charge in [-0.15, -0.1) is 0 Å². The molecule has 0 heterocycles. The number of nitrogens with one attached hydrogen (secondary N) is 1. The van der Waals surface area contributed by atoms with Crippen molar-refractivity contribution in [2.24, 2.45) is 0 Å². The first-order valence-electron chi connectivity index (χ1n) is 14.1. The van der Waals surface area contributed by atoms with E-state index in [4.69, 9.17) is 34.8 Å². The minimum atomic E-state index is -4.92. The molecule has 4 rings (SSSR count). The maximum atomic E-state index is 14.4. The lowest BCUT2D eigenvalue weighted by atomic mass is 10.0. The Bertz CT molecular complexity index is 1860. The van der Waals surface area contributed by atoms with Gasteiger partial charge in [0.1, 0.15) is 12.6 Å². The normalized spacial score (nSPS) is 12.3. The van der Waals surface area contributed by atoms with Gasteiger partial charge in [-0.25, -0.2) is 8.42 Å². The molecule has 0 aliphatic heterocycles. The number of alkyl halides is 3. The summed E-state index contributed by atoms with van der Waals surface area (Å²) in [5.74, 6) is -1.45. The molecule has 0 aliphatic rings. The number of amides is 2. The lowest BCUT2D eigenvalue weighted by molar-refractivity contribution is -0.139. The largest absolute Gasteiger partial charge is 0.417 e. The Morgan fingerprint density at radius 2 is 1.53 bits per heavy atom. The standard InChI is InChI=1S/C33H29Cl3F3N3O4S/c1-21-8-13-26(14-9-21)47(45,46)42(25-12-15-28(35)27(18-25)33(37,38)39)20-31(43)41(19-23-10-11-24(34)17-29(23)36)30(32(44)40-2)16-22-6-4-3-5-7-22/h3-15,17-18,30H,16,19-20H2,1-2H3,(H,40,44)/t30-/m0/s1. The van der Waals surface area contributed by atoms with Crippen LogP contribution in [-0.2, 0) is 38.8 Å². The van der Waals surface area contributed by atoms with Crippen LogP contribution in [0.4, 0.5) is 18.9 Å². The maximum Gasteiger partial charge on any atom is 0.417 e. The Morgan fingerprint density at radius 1 is 0.872 bits per heavy atom. The molecule has 1 N–H and O–H groups in total. The summed E-state index contributed by atoms with van der Waals surface area (Å²) < 4.78 is 70.4. The topological polar surface area (TPSA) is 86.8 Å². The summed E-state index contributed by atoms with van der Waals surface area (Å²) >= 11 is 18.4. The van der Waals surface area contributed by atoms with Gasteiger partial charge in [-0.3, -0.25) is 13.9 Å². The highest BCUT2D eigenvalue weighted by Crippen LogP contribution is 2.38. The van der Waals surface area contributed by atoms with Crippen LogP contribution >= 0.6 is 34.8 Å². The molecular formula is C33H29Cl3F3N3O4S. The number of halogens is 6. The highest BCUT2D eigenvalue weighted by Gasteiger charge is 2.37. The van der Waals surface area contributed by atoms with Crippen molar-refractivity contribution < 1.29 is 31.2 Å². The summed E-state index contributed by atoms with van der Waals surface area (Å²) in [7, 11) is -3.25. The smallest absolute Gasteiger partial charge is 0.357 e. The van der Waals surface area contributed by atoms with Crippen LogP contribution in [0.25, 0.3) is 0 Å². The Kier molecular flexibility index (Phi) is 11.5. The van der Waals surface area contributed by atoms with Crippen LogP contribution in [0.3, 0.4) is 0 Å². The Labute approximate surface area is 285 Å². The van der Waals surface area contributed by atoms with Crippen LogP contribution in [0.1, 0.15) is 22.3 Å². The van der Waals surface area contributed by atoms with Crippen LogP contribution in [-0.4, -0.2) is 44.8 Å². The minimum Gasteiger partial charge on any atom is -0.357 e. The van der Waals surface area contributed by atoms with E-state index < -0.39 is 56.9 Å². The van der Waals surface area contributed by atoms with E-state index in [0.29, 0.717) is 26.5 Å². The molecule has 2 amide bonds. The van der Waals surface area contributed by atoms with Gasteiger partial charge in [0.05, 0.1) is 21.2 Å². The fourth-order valence-electron chi connectivity index (χ4n) is 4.81. The number of aryl methyl sites for hydroxylation is 1. The van der Waals surface area contributed by atoms with E-state index in [2.05, 4.69) is 5.32 Å². The monoisotopic (exact) mass is 725 g/mol. The highest BCUT2D eigenvalue weighted by molar-refractivity contribution is 7.92. The second-order valence-electron chi connectivity index (χ2n) is 10.6. The van der Waals surface area contributed by atoms with E-state index in [-0.39, 0.29) is 22.9 Å². The predicted molar refractivity (Wildman–Crippen MR) is 177 cm³/mol. The van der Waals surface area contributed by atoms with Gasteiger partial charge in [0.25, 0.3) is 10.0 Å². The molecule has 0 spiro atoms. The van der Waals surface area contributed by atoms with Crippen molar-refractivity contribution in [2.75, 3.05) is 17.9 Å². The Morgan fingerprint density at radius 3 is 2.13 bits per heavy atom. The van der Waals surface area contributed by atoms with Gasteiger partial charge in [0.15, 0.2) is 0 Å². The van der Waals surface area contributed by atoms with Gasteiger partial charge in [0.2, 0.25) is 11.8 Å². The molecule has 0 aliphatic carbocycles. The Hall–Kier alpha value is -3.77. The first-order chi connectivity index (χ1) is 22.1. The summed E-state index contributed by atoms with van der Waals surface area (Å²) in [6, 6.07) is 20.4. The fourth-order valence-corrected chi connectivity index (χ4v) is 6.90. The number of anilines is 1. The summed E-state index contributed by atoms with van der Waals surface area (Å²) in [4.78, 5) is 28.6. The second-order valence-corrected chi connectivity index (χ2v) is 13.7. The van der Waals surface area contributed by atoms with Crippen molar-refractivity contribution in [2.45, 2.75) is 37.0 Å². The van der Waals surface area contributed by atoms with Gasteiger partial charge < -0.3 is 10.2 Å². The molecule has 0 bridgehead atoms. The number of rotatable bonds is 11. The molecule has 0 fully saturated rings. The molecule has 0 radical (unpaired) electrons. The number of carbonyl (C=O) groups is 2. The third kappa shape index (κ3) is 8.78. The van der Waals surface area contributed by atoms with E-state index in [0.717, 1.165) is 22.6 Å². The van der Waals surface area contributed by atoms with E-state index in [1.807, 2.05) is 0 Å². The molecule has 0 saturated carbocycles. The van der Waals surface area contributed by atoms with Crippen molar-refractivity contribution in [3.63, 3.8) is 0 Å². The number of hydrogen-bond acceptors (Lipinski definition) is 4. The third-order valence-corrected chi connectivity index (χ3v) is 10.0. The lowest BCUT2D eigenvalue weighted by Gasteiger charge is -2.34. The molecule has 7 nitrogen and oxygen atoms in total. The van der Waals surface area contributed by atoms with Crippen LogP contribution in [0, 0.1) is 6.92 Å². The Balaban J connectivity index is 1.87. The van der Waals surface area contributed by atoms with E-state index in [1.165, 1.54) is 43.4 Å². The van der Waals surface area contributed by atoms with Gasteiger partial charge in [-0.2, -0.15) is 13.2 Å². The number of nitrogens with zero attached hydrogens (tertiary/aromatic N) is 2. The van der Waals surface area contributed by atoms with Crippen molar-refractivity contribution in [1.29, 1.82) is 0 Å². The van der Waals surface area contributed by atoms with E-state index >= 15 is 0 Å². The van der Waals surface area contributed by atoms with Crippen LogP contribution < -0.4 is 9.62 Å². The quantitative estimate of drug-likeness (QED) is 0.173. The molecule has 4 aromatic rings. The molecular weight excluding hydrogens is 698 g/mol. The van der Waals surface area contributed by atoms with Crippen molar-refractivity contribution in [3.05, 3.63) is 128 Å². The van der Waals surface area contributed by atoms with Gasteiger partial charge in [-0.05, 0) is 60.5 Å². The average Bonchev–Trinajstić information content (AvgIpc) is 3.02. The predicted octanol–water partition coefficient (Wildman–Crippen LogP) is 7.56. The number of likely N-dealkylation sites (N-methyl/N-ethyl adjacent to an activating group) is 1. The van der Waals surface area contributed by atoms with Crippen LogP contribution in [0.15, 0.2) is 95.9 Å². The second kappa shape index (κ2) is 15.0. The maximum absolute atomic E-state index is 14.4. The number of carbonyl (C=O) groups excluding carboxylic acids is 2. The summed E-state index contributed by atoms with van der Waals surface area (Å²) in [5, 5.41) is 2.40. The van der Waals surface area contributed by atoms with Crippen molar-refractivity contribution in [3.8, 4) is 0 Å². The van der Waals surface area contributed by atoms with Crippen LogP contribution in [0.2, 0.25) is 15.1 Å². The molecule has 0 unspecified atom stereocenters. The fraction of sp³-hybridized carbons (Fsp3) is 0.212. The van der Waals surface area contributed by atoms with E-state index in [1.54, 1.807) is 43.3 Å². The number of sulfonamides is 1. The number of benzene rings is 4. The SMILES string of the molecule is CNC(=O)[C@H](Cc1ccccc1)N(Cc1ccc(Cl)cc1Cl)C(=O)CN(c1ccc(Cl)c(C(F)(F)F)c1)S(=O)(=O)c1ccc(C)cc1. The zero-order chi connectivity index (χ0) is 34.5. The highest BCUT2D eigenvalue weighted by atomic mass is 35.5. The van der Waals surface area contributed by atoms with Crippen molar-refractivity contribution >= 4 is 62.3 Å². The average molecular weight is 727 g/mol. The lowest BCUT2D eigenvalue weighted by Crippen LogP contribution is -2.53. The van der Waals surface area contributed by atoms with E-state index in [9.17, 15) is 31.2 Å². The molecule has 4 aromatic carbocycles. The minimum absolute atomic E-state index is 0.0291. The first kappa shape index (κ1) is 36.1. The summed E-state index contributed by atoms with van der Waals surface area (Å²) in [5.41, 5.74) is 0.0747. The molecule has 248 valence electrons. The number of hydrogen-bond donors (Lipinski definition) is 1. The van der Waals surface area contributed by atoms with Gasteiger partial charge in [0, 0.05) is 30.1 Å². The molecule has 1 atom stereocenters. The summed E-state index contributed by atoms with van der Waals surface area (Å²) in [6.45, 7) is 0.507. The molecule has 47 heavy (non-hydrogen) atoms. The van der Waals surface area contributed by atoms with Crippen LogP contribution in [0.5, 0.6) is 0 Å². The van der Waals surface area contributed by atoms with Gasteiger partial charge >= 0.3 is 6.18 Å². The summed E-state index contributed by atoms with van der Waals surface area (Å²) in [6.07, 6.45) is -4.89. The zero-order valence-corrected chi connectivity index (χ0v) is 28.1. The van der Waals surface area contributed by atoms with Gasteiger partial charge in [-0.1, -0.05) is 88.9 Å². The molecule has 0 saturated heterocycles. The zero-order valence-electron chi connectivity index (χ0n) is 25.1. The first-order valence-corrected chi connectivity index (χ1v) is 16.6. The van der Waals surface area contributed by atoms with Crippen molar-refractivity contribution in [1.82, 2.24) is 10.2 Å².